The molecule has 2 fully saturated rings. The molecular weight excluding hydrogens is 1290 g/mol. The van der Waals surface area contributed by atoms with Crippen molar-refractivity contribution in [1.82, 2.24) is 58.1 Å². The predicted octanol–water partition coefficient (Wildman–Crippen LogP) is -5.08. The molecular formula is C58H97N21O13S3. The van der Waals surface area contributed by atoms with Gasteiger partial charge in [0.25, 0.3) is 0 Å². The van der Waals surface area contributed by atoms with Crippen molar-refractivity contribution in [2.75, 3.05) is 56.2 Å². The van der Waals surface area contributed by atoms with Crippen LogP contribution in [0.15, 0.2) is 39.2 Å². The van der Waals surface area contributed by atoms with E-state index in [-0.39, 0.29) is 131 Å². The monoisotopic (exact) mass is 1390 g/mol. The Bertz CT molecular complexity index is 2880. The summed E-state index contributed by atoms with van der Waals surface area (Å²) in [5.74, 6) is -11.6. The fourth-order valence-corrected chi connectivity index (χ4v) is 12.7. The molecule has 95 heavy (non-hydrogen) atoms. The van der Waals surface area contributed by atoms with Gasteiger partial charge < -0.3 is 103 Å². The number of primary amides is 1. The van der Waals surface area contributed by atoms with Gasteiger partial charge in [-0.05, 0) is 106 Å². The van der Waals surface area contributed by atoms with Crippen LogP contribution in [-0.4, -0.2) is 215 Å². The van der Waals surface area contributed by atoms with Gasteiger partial charge in [0.15, 0.2) is 17.9 Å². The van der Waals surface area contributed by atoms with E-state index in [4.69, 9.17) is 40.1 Å². The molecule has 34 nitrogen and oxygen atoms in total. The molecule has 2 saturated heterocycles. The van der Waals surface area contributed by atoms with E-state index in [9.17, 15) is 62.6 Å². The highest BCUT2D eigenvalue weighted by atomic mass is 33.1. The summed E-state index contributed by atoms with van der Waals surface area (Å²) in [6.07, 6.45) is 2.34. The molecule has 2 aliphatic rings. The maximum absolute atomic E-state index is 14.8. The first-order valence-electron chi connectivity index (χ1n) is 31.1. The summed E-state index contributed by atoms with van der Waals surface area (Å²) in [5, 5.41) is 36.7. The van der Waals surface area contributed by atoms with E-state index < -0.39 is 144 Å². The van der Waals surface area contributed by atoms with Crippen molar-refractivity contribution in [1.29, 1.82) is 0 Å². The van der Waals surface area contributed by atoms with Crippen LogP contribution in [0, 0.1) is 11.8 Å². The van der Waals surface area contributed by atoms with Gasteiger partial charge in [-0.25, -0.2) is 0 Å². The largest absolute Gasteiger partial charge is 0.508 e. The number of phenols is 1. The van der Waals surface area contributed by atoms with Crippen molar-refractivity contribution in [2.24, 2.45) is 66.9 Å². The first-order chi connectivity index (χ1) is 44.9. The standard InChI is InChI=1S/C58H97N21O13S3/c1-30(2)25-39-47(84)69-27-44(82)71-36(12-8-21-67-57(62)63)50(87)78-45(31(3)4)54(91)75-40(26-33-15-17-34(81)18-16-33)51(88)73-38(13-9-22-68-58(64)65)55(92)79-23-10-14-43(79)53(90)76-41(46(59)83)28-94-95-29-42(52(89)72-37(19-24-93-6)49(86)74-39)77-48(85)35(70-32(5)80)11-7-20-66-56(60)61/h15-18,30-31,35-43,45,81H,7-14,19-29H2,1-6H3,(H2,59,83)(H,69,84)(H,70,80)(H,71,82)(H,72,89)(H,73,88)(H,74,86)(H,75,91)(H,76,90)(H,77,85)(H,78,87)(H4,60,61,66)(H4,62,63,67)(H4,64,65,68). The molecule has 530 valence electrons. The molecule has 3 rings (SSSR count). The van der Waals surface area contributed by atoms with Gasteiger partial charge in [0.05, 0.1) is 6.54 Å². The average Bonchev–Trinajstić information content (AvgIpc) is 1.77. The van der Waals surface area contributed by atoms with E-state index in [2.05, 4.69) is 68.1 Å². The zero-order chi connectivity index (χ0) is 70.9. The Morgan fingerprint density at radius 1 is 0.653 bits per heavy atom. The topological polar surface area (TPSA) is 568 Å². The molecule has 0 radical (unpaired) electrons. The number of hydrogen-bond acceptors (Lipinski definition) is 19. The number of nitrogens with one attached hydrogen (secondary N) is 10. The fourth-order valence-electron chi connectivity index (χ4n) is 9.89. The van der Waals surface area contributed by atoms with E-state index >= 15 is 0 Å². The number of benzene rings is 1. The normalized spacial score (nSPS) is 23.2. The molecule has 10 unspecified atom stereocenters. The summed E-state index contributed by atoms with van der Waals surface area (Å²) in [5.41, 5.74) is 39.6. The smallest absolute Gasteiger partial charge is 0.245 e. The SMILES string of the molecule is CSCCC1NC(=O)C(NC(=O)C(CCCN=C(N)N)NC(C)=O)CSSCC(C(N)=O)NC(=O)C2CCCN2C(=O)C(CCCN=C(N)N)NC(=O)C(Cc2ccc(O)cc2)NC(=O)C(C(C)C)NC(=O)C(CCCN=C(N)N)NC(=O)CNC(=O)C(CC(C)C)NC1=O. The Labute approximate surface area is 564 Å². The molecule has 0 bridgehead atoms. The van der Waals surface area contributed by atoms with Crippen LogP contribution in [0.25, 0.3) is 0 Å². The lowest BCUT2D eigenvalue weighted by atomic mass is 9.99. The summed E-state index contributed by atoms with van der Waals surface area (Å²) in [4.78, 5) is 182. The number of fused-ring (bicyclic) bond motifs is 1. The number of carbonyl (C=O) groups is 12. The van der Waals surface area contributed by atoms with Crippen molar-refractivity contribution in [3.05, 3.63) is 29.8 Å². The molecule has 2 aliphatic heterocycles. The fraction of sp³-hybridized carbons (Fsp3) is 0.638. The third kappa shape index (κ3) is 30.2. The molecule has 0 saturated carbocycles. The van der Waals surface area contributed by atoms with Gasteiger partial charge in [0, 0.05) is 51.0 Å². The number of carbonyl (C=O) groups excluding carboxylic acids is 12. The van der Waals surface area contributed by atoms with E-state index in [0.29, 0.717) is 17.7 Å². The summed E-state index contributed by atoms with van der Waals surface area (Å²) < 4.78 is 0. The lowest BCUT2D eigenvalue weighted by molar-refractivity contribution is -0.142. The van der Waals surface area contributed by atoms with Crippen LogP contribution in [0.4, 0.5) is 0 Å². The molecule has 2 heterocycles. The Balaban J connectivity index is 2.22. The number of phenolic OH excluding ortho intramolecular Hbond substituents is 1. The van der Waals surface area contributed by atoms with E-state index in [1.807, 2.05) is 0 Å². The molecule has 1 aromatic carbocycles. The van der Waals surface area contributed by atoms with E-state index in [0.717, 1.165) is 21.6 Å². The van der Waals surface area contributed by atoms with E-state index in [1.54, 1.807) is 34.0 Å². The van der Waals surface area contributed by atoms with Crippen molar-refractivity contribution >= 4 is 122 Å². The second-order valence-electron chi connectivity index (χ2n) is 23.5. The van der Waals surface area contributed by atoms with Gasteiger partial charge in [-0.2, -0.15) is 11.8 Å². The molecule has 12 amide bonds. The number of thioether (sulfide) groups is 1. The third-order valence-electron chi connectivity index (χ3n) is 14.7. The minimum Gasteiger partial charge on any atom is -0.508 e. The lowest BCUT2D eigenvalue weighted by Gasteiger charge is -2.31. The summed E-state index contributed by atoms with van der Waals surface area (Å²) >= 11 is 1.34. The van der Waals surface area contributed by atoms with Crippen LogP contribution in [0.5, 0.6) is 5.75 Å². The molecule has 25 N–H and O–H groups in total. The number of rotatable bonds is 24. The second kappa shape index (κ2) is 42.1. The molecule has 1 aromatic rings. The first kappa shape index (κ1) is 80.8. The Morgan fingerprint density at radius 3 is 1.78 bits per heavy atom. The van der Waals surface area contributed by atoms with Crippen molar-refractivity contribution in [3.63, 3.8) is 0 Å². The quantitative estimate of drug-likeness (QED) is 0.0199. The van der Waals surface area contributed by atoms with Gasteiger partial charge >= 0.3 is 0 Å². The van der Waals surface area contributed by atoms with Crippen LogP contribution >= 0.6 is 33.3 Å². The third-order valence-corrected chi connectivity index (χ3v) is 17.8. The lowest BCUT2D eigenvalue weighted by Crippen LogP contribution is -2.61. The van der Waals surface area contributed by atoms with Crippen LogP contribution < -0.4 is 93.3 Å². The number of amides is 12. The Kier molecular flexibility index (Phi) is 35.8. The maximum atomic E-state index is 14.8. The van der Waals surface area contributed by atoms with E-state index in [1.165, 1.54) is 47.9 Å². The van der Waals surface area contributed by atoms with Crippen LogP contribution in [0.2, 0.25) is 0 Å². The van der Waals surface area contributed by atoms with Gasteiger partial charge in [-0.1, -0.05) is 61.4 Å². The highest BCUT2D eigenvalue weighted by Gasteiger charge is 2.41. The number of guanidine groups is 3. The minimum atomic E-state index is -1.48. The number of aromatic hydroxyl groups is 1. The summed E-state index contributed by atoms with van der Waals surface area (Å²) in [6, 6.07) is -7.74. The minimum absolute atomic E-state index is 0.0154. The molecule has 0 aliphatic carbocycles. The molecule has 10 atom stereocenters. The van der Waals surface area contributed by atoms with Gasteiger partial charge in [0.1, 0.15) is 66.2 Å². The first-order valence-corrected chi connectivity index (χ1v) is 35.0. The maximum Gasteiger partial charge on any atom is 0.245 e. The zero-order valence-corrected chi connectivity index (χ0v) is 57.0. The molecule has 0 spiro atoms. The van der Waals surface area contributed by atoms with Crippen LogP contribution in [-0.2, 0) is 64.0 Å². The van der Waals surface area contributed by atoms with Gasteiger partial charge in [-0.3, -0.25) is 72.5 Å². The summed E-state index contributed by atoms with van der Waals surface area (Å²) in [7, 11) is 1.95. The van der Waals surface area contributed by atoms with Gasteiger partial charge in [-0.15, -0.1) is 0 Å². The number of hydrogen-bond donors (Lipinski definition) is 18. The molecule has 0 aromatic heterocycles. The van der Waals surface area contributed by atoms with Crippen molar-refractivity contribution < 1.29 is 62.6 Å². The highest BCUT2D eigenvalue weighted by Crippen LogP contribution is 2.25. The van der Waals surface area contributed by atoms with Crippen LogP contribution in [0.3, 0.4) is 0 Å². The Hall–Kier alpha value is -8.48. The number of aliphatic imine (C=N–C) groups is 3. The van der Waals surface area contributed by atoms with Gasteiger partial charge in [0.2, 0.25) is 70.9 Å². The number of nitrogens with two attached hydrogens (primary N) is 7. The summed E-state index contributed by atoms with van der Waals surface area (Å²) in [6.45, 7) is 7.42. The molecule has 37 heteroatoms. The van der Waals surface area contributed by atoms with Crippen LogP contribution in [0.1, 0.15) is 104 Å². The Morgan fingerprint density at radius 2 is 1.20 bits per heavy atom. The second-order valence-corrected chi connectivity index (χ2v) is 27.0. The predicted molar refractivity (Wildman–Crippen MR) is 364 cm³/mol. The number of nitrogens with zero attached hydrogens (tertiary/aromatic N) is 4. The average molecular weight is 1390 g/mol. The zero-order valence-electron chi connectivity index (χ0n) is 54.6. The van der Waals surface area contributed by atoms with Crippen molar-refractivity contribution in [3.8, 4) is 5.75 Å². The highest BCUT2D eigenvalue weighted by molar-refractivity contribution is 8.76. The van der Waals surface area contributed by atoms with Crippen molar-refractivity contribution in [2.45, 2.75) is 166 Å².